The van der Waals surface area contributed by atoms with Crippen molar-refractivity contribution < 1.29 is 13.2 Å². The lowest BCUT2D eigenvalue weighted by Crippen LogP contribution is -2.36. The molecule has 1 aromatic rings. The second kappa shape index (κ2) is 5.81. The minimum atomic E-state index is -3.69. The summed E-state index contributed by atoms with van der Waals surface area (Å²) >= 11 is 1.06. The molecule has 1 fully saturated rings. The van der Waals surface area contributed by atoms with E-state index in [1.165, 1.54) is 18.9 Å². The Morgan fingerprint density at radius 2 is 2.05 bits per heavy atom. The van der Waals surface area contributed by atoms with Crippen molar-refractivity contribution in [1.82, 2.24) is 4.90 Å². The third-order valence-corrected chi connectivity index (χ3v) is 6.65. The molecule has 0 aromatic carbocycles. The largest absolute Gasteiger partial charge is 0.342 e. The number of hydrogen-bond donors (Lipinski definition) is 0. The Balaban J connectivity index is 2.00. The lowest BCUT2D eigenvalue weighted by molar-refractivity contribution is -0.131. The fourth-order valence-electron chi connectivity index (χ4n) is 2.35. The van der Waals surface area contributed by atoms with E-state index in [1.54, 1.807) is 11.0 Å². The summed E-state index contributed by atoms with van der Waals surface area (Å²) in [5.41, 5.74) is 0. The van der Waals surface area contributed by atoms with Crippen LogP contribution in [0.3, 0.4) is 0 Å². The zero-order chi connectivity index (χ0) is 14.0. The average molecular weight is 322 g/mol. The van der Waals surface area contributed by atoms with Gasteiger partial charge >= 0.3 is 0 Å². The fraction of sp³-hybridized carbons (Fsp3) is 0.583. The predicted molar refractivity (Wildman–Crippen MR) is 76.1 cm³/mol. The van der Waals surface area contributed by atoms with Gasteiger partial charge in [0, 0.05) is 28.6 Å². The van der Waals surface area contributed by atoms with Crippen LogP contribution in [0.4, 0.5) is 0 Å². The van der Waals surface area contributed by atoms with Crippen molar-refractivity contribution in [2.45, 2.75) is 42.4 Å². The van der Waals surface area contributed by atoms with Gasteiger partial charge in [0.1, 0.15) is 4.21 Å². The minimum absolute atomic E-state index is 0.0345. The molecule has 0 saturated heterocycles. The van der Waals surface area contributed by atoms with Crippen LogP contribution in [0.5, 0.6) is 0 Å². The number of carbonyl (C=O) groups is 1. The molecule has 1 aliphatic carbocycles. The van der Waals surface area contributed by atoms with Gasteiger partial charge in [-0.25, -0.2) is 8.42 Å². The van der Waals surface area contributed by atoms with E-state index >= 15 is 0 Å². The van der Waals surface area contributed by atoms with Crippen molar-refractivity contribution in [1.29, 1.82) is 0 Å². The van der Waals surface area contributed by atoms with Gasteiger partial charge in [-0.05, 0) is 25.0 Å². The van der Waals surface area contributed by atoms with E-state index in [-0.39, 0.29) is 16.5 Å². The van der Waals surface area contributed by atoms with Gasteiger partial charge in [-0.2, -0.15) is 0 Å². The first-order chi connectivity index (χ1) is 8.88. The van der Waals surface area contributed by atoms with E-state index in [2.05, 4.69) is 0 Å². The zero-order valence-corrected chi connectivity index (χ0v) is 13.0. The standard InChI is InChI=1S/C12H16ClNO3S2/c1-14(9-4-2-3-5-9)11(15)8-10-6-7-12(18-10)19(13,16)17/h6-7,9H,2-5,8H2,1H3. The lowest BCUT2D eigenvalue weighted by atomic mass is 10.2. The van der Waals surface area contributed by atoms with Crippen molar-refractivity contribution in [3.63, 3.8) is 0 Å². The Labute approximate surface area is 121 Å². The second-order valence-corrected chi connectivity index (χ2v) is 8.74. The molecular formula is C12H16ClNO3S2. The number of amides is 1. The summed E-state index contributed by atoms with van der Waals surface area (Å²) in [6, 6.07) is 3.44. The van der Waals surface area contributed by atoms with E-state index < -0.39 is 9.05 Å². The summed E-state index contributed by atoms with van der Waals surface area (Å²) < 4.78 is 22.4. The summed E-state index contributed by atoms with van der Waals surface area (Å²) in [6.45, 7) is 0. The molecule has 0 atom stereocenters. The highest BCUT2D eigenvalue weighted by molar-refractivity contribution is 8.15. The molecule has 4 nitrogen and oxygen atoms in total. The first-order valence-electron chi connectivity index (χ1n) is 6.17. The first kappa shape index (κ1) is 14.8. The third kappa shape index (κ3) is 3.70. The van der Waals surface area contributed by atoms with Crippen LogP contribution in [0.2, 0.25) is 0 Å². The van der Waals surface area contributed by atoms with Crippen molar-refractivity contribution in [2.24, 2.45) is 0 Å². The van der Waals surface area contributed by atoms with Crippen molar-refractivity contribution in [2.75, 3.05) is 7.05 Å². The molecule has 0 radical (unpaired) electrons. The van der Waals surface area contributed by atoms with E-state index in [1.807, 2.05) is 7.05 Å². The highest BCUT2D eigenvalue weighted by Crippen LogP contribution is 2.27. The number of carbonyl (C=O) groups excluding carboxylic acids is 1. The number of thiophene rings is 1. The Kier molecular flexibility index (Phi) is 4.53. The quantitative estimate of drug-likeness (QED) is 0.801. The maximum atomic E-state index is 12.1. The number of likely N-dealkylation sites (N-methyl/N-ethyl adjacent to an activating group) is 1. The molecule has 1 saturated carbocycles. The van der Waals surface area contributed by atoms with Crippen LogP contribution in [-0.4, -0.2) is 32.3 Å². The van der Waals surface area contributed by atoms with Gasteiger partial charge in [-0.1, -0.05) is 12.8 Å². The number of rotatable bonds is 4. The van der Waals surface area contributed by atoms with Crippen LogP contribution in [0.25, 0.3) is 0 Å². The molecule has 7 heteroatoms. The minimum Gasteiger partial charge on any atom is -0.342 e. The van der Waals surface area contributed by atoms with E-state index in [0.717, 1.165) is 29.1 Å². The molecule has 1 amide bonds. The third-order valence-electron chi connectivity index (χ3n) is 3.47. The molecule has 0 unspecified atom stereocenters. The van der Waals surface area contributed by atoms with Crippen molar-refractivity contribution in [3.8, 4) is 0 Å². The van der Waals surface area contributed by atoms with Crippen molar-refractivity contribution >= 4 is 37.0 Å². The molecule has 106 valence electrons. The fourth-order valence-corrected chi connectivity index (χ4v) is 4.47. The van der Waals surface area contributed by atoms with Crippen LogP contribution in [0.15, 0.2) is 16.3 Å². The van der Waals surface area contributed by atoms with Crippen LogP contribution in [0.1, 0.15) is 30.6 Å². The molecule has 0 bridgehead atoms. The summed E-state index contributed by atoms with van der Waals surface area (Å²) in [4.78, 5) is 14.6. The van der Waals surface area contributed by atoms with Gasteiger partial charge in [0.15, 0.2) is 0 Å². The van der Waals surface area contributed by atoms with E-state index in [9.17, 15) is 13.2 Å². The summed E-state index contributed by atoms with van der Waals surface area (Å²) in [6.07, 6.45) is 4.72. The number of hydrogen-bond acceptors (Lipinski definition) is 4. The topological polar surface area (TPSA) is 54.5 Å². The first-order valence-corrected chi connectivity index (χ1v) is 9.29. The Bertz CT molecular complexity index is 561. The van der Waals surface area contributed by atoms with Crippen LogP contribution in [-0.2, 0) is 20.3 Å². The van der Waals surface area contributed by atoms with Crippen LogP contribution >= 0.6 is 22.0 Å². The molecule has 2 rings (SSSR count). The predicted octanol–water partition coefficient (Wildman–Crippen LogP) is 2.62. The average Bonchev–Trinajstić information content (AvgIpc) is 2.97. The summed E-state index contributed by atoms with van der Waals surface area (Å²) in [5, 5.41) is 0. The summed E-state index contributed by atoms with van der Waals surface area (Å²) in [7, 11) is 3.40. The molecule has 1 aliphatic rings. The smallest absolute Gasteiger partial charge is 0.270 e. The lowest BCUT2D eigenvalue weighted by Gasteiger charge is -2.24. The van der Waals surface area contributed by atoms with Gasteiger partial charge < -0.3 is 4.90 Å². The number of nitrogens with zero attached hydrogens (tertiary/aromatic N) is 1. The highest BCUT2D eigenvalue weighted by Gasteiger charge is 2.24. The molecule has 0 aliphatic heterocycles. The molecule has 0 N–H and O–H groups in total. The summed E-state index contributed by atoms with van der Waals surface area (Å²) in [5.74, 6) is 0.0345. The van der Waals surface area contributed by atoms with Gasteiger partial charge in [0.05, 0.1) is 6.42 Å². The van der Waals surface area contributed by atoms with Crippen molar-refractivity contribution in [3.05, 3.63) is 17.0 Å². The van der Waals surface area contributed by atoms with Gasteiger partial charge in [-0.15, -0.1) is 11.3 Å². The maximum absolute atomic E-state index is 12.1. The Morgan fingerprint density at radius 3 is 2.58 bits per heavy atom. The molecule has 1 aromatic heterocycles. The van der Waals surface area contributed by atoms with E-state index in [4.69, 9.17) is 10.7 Å². The monoisotopic (exact) mass is 321 g/mol. The zero-order valence-electron chi connectivity index (χ0n) is 10.6. The van der Waals surface area contributed by atoms with Crippen LogP contribution < -0.4 is 0 Å². The normalized spacial score (nSPS) is 16.7. The second-order valence-electron chi connectivity index (χ2n) is 4.78. The van der Waals surface area contributed by atoms with Gasteiger partial charge in [0.25, 0.3) is 9.05 Å². The SMILES string of the molecule is CN(C(=O)Cc1ccc(S(=O)(=O)Cl)s1)C1CCCC1. The Hall–Kier alpha value is -0.590. The molecule has 1 heterocycles. The van der Waals surface area contributed by atoms with Crippen LogP contribution in [0, 0.1) is 0 Å². The maximum Gasteiger partial charge on any atom is 0.270 e. The van der Waals surface area contributed by atoms with E-state index in [0.29, 0.717) is 6.04 Å². The van der Waals surface area contributed by atoms with Gasteiger partial charge in [-0.3, -0.25) is 4.79 Å². The number of halogens is 1. The molecule has 0 spiro atoms. The molecular weight excluding hydrogens is 306 g/mol. The molecule has 19 heavy (non-hydrogen) atoms. The highest BCUT2D eigenvalue weighted by atomic mass is 35.7. The Morgan fingerprint density at radius 1 is 1.42 bits per heavy atom. The van der Waals surface area contributed by atoms with Gasteiger partial charge in [0.2, 0.25) is 5.91 Å².